The van der Waals surface area contributed by atoms with Gasteiger partial charge in [-0.3, -0.25) is 4.79 Å². The molecule has 2 atom stereocenters. The molecule has 0 spiro atoms. The zero-order valence-electron chi connectivity index (χ0n) is 21.6. The molecule has 35 heavy (non-hydrogen) atoms. The fourth-order valence-electron chi connectivity index (χ4n) is 4.10. The van der Waals surface area contributed by atoms with Gasteiger partial charge in [-0.2, -0.15) is 0 Å². The van der Waals surface area contributed by atoms with E-state index in [4.69, 9.17) is 19.9 Å². The number of hydrogen-bond donors (Lipinski definition) is 1. The number of nitrogen functional groups attached to an aromatic ring is 1. The van der Waals surface area contributed by atoms with Crippen molar-refractivity contribution in [3.63, 3.8) is 0 Å². The predicted molar refractivity (Wildman–Crippen MR) is 134 cm³/mol. The van der Waals surface area contributed by atoms with Crippen molar-refractivity contribution in [1.29, 1.82) is 0 Å². The molecule has 1 saturated heterocycles. The number of anilines is 1. The van der Waals surface area contributed by atoms with E-state index in [2.05, 4.69) is 9.97 Å². The van der Waals surface area contributed by atoms with Crippen LogP contribution in [0.1, 0.15) is 78.5 Å². The molecule has 1 aliphatic heterocycles. The van der Waals surface area contributed by atoms with Gasteiger partial charge in [0.1, 0.15) is 11.4 Å². The van der Waals surface area contributed by atoms with E-state index < -0.39 is 11.4 Å². The van der Waals surface area contributed by atoms with E-state index in [0.29, 0.717) is 12.1 Å². The van der Waals surface area contributed by atoms with Crippen LogP contribution in [0.25, 0.3) is 17.3 Å². The number of rotatable bonds is 6. The first-order valence-electron chi connectivity index (χ1n) is 11.9. The molecule has 2 aromatic rings. The molecule has 0 aliphatic carbocycles. The van der Waals surface area contributed by atoms with Crippen molar-refractivity contribution in [2.75, 3.05) is 5.73 Å². The molecule has 0 unspecified atom stereocenters. The minimum Gasteiger partial charge on any atom is -0.460 e. The highest BCUT2D eigenvalue weighted by Crippen LogP contribution is 2.33. The van der Waals surface area contributed by atoms with Crippen molar-refractivity contribution in [3.8, 4) is 11.3 Å². The van der Waals surface area contributed by atoms with E-state index in [0.717, 1.165) is 16.8 Å². The summed E-state index contributed by atoms with van der Waals surface area (Å²) < 4.78 is 31.1. The Bertz CT molecular complexity index is 1080. The van der Waals surface area contributed by atoms with Gasteiger partial charge in [0.2, 0.25) is 5.95 Å². The Labute approximate surface area is 206 Å². The quantitative estimate of drug-likeness (QED) is 0.529. The molecule has 3 rings (SSSR count). The lowest BCUT2D eigenvalue weighted by molar-refractivity contribution is -0.290. The first-order valence-corrected chi connectivity index (χ1v) is 11.9. The number of halogens is 1. The molecule has 0 amide bonds. The molecule has 8 heteroatoms. The SMILES string of the molecule is CC(C)c1nc(N)nc(-c2ccc(F)cc2)c1C=C[C@@H]1C[C@H](CC(=O)OC(C)(C)C)OC(C)(C)O1. The van der Waals surface area contributed by atoms with Gasteiger partial charge in [0.25, 0.3) is 0 Å². The molecule has 190 valence electrons. The molecule has 2 N–H and O–H groups in total. The fourth-order valence-corrected chi connectivity index (χ4v) is 4.10. The molecule has 2 heterocycles. The maximum absolute atomic E-state index is 13.5. The van der Waals surface area contributed by atoms with E-state index in [1.165, 1.54) is 12.1 Å². The third-order valence-corrected chi connectivity index (χ3v) is 5.33. The van der Waals surface area contributed by atoms with Crippen molar-refractivity contribution in [1.82, 2.24) is 9.97 Å². The van der Waals surface area contributed by atoms with Gasteiger partial charge in [-0.05, 0) is 64.8 Å². The molecular weight excluding hydrogens is 449 g/mol. The van der Waals surface area contributed by atoms with Crippen molar-refractivity contribution in [2.45, 2.75) is 90.8 Å². The Morgan fingerprint density at radius 2 is 1.89 bits per heavy atom. The Hall–Kier alpha value is -2.84. The standard InChI is InChI=1S/C27H36FN3O4/c1-16(2)23-21(24(31-25(29)30-23)17-8-10-18(28)11-9-17)13-12-19-14-20(34-27(6,7)33-19)15-22(32)35-26(3,4)5/h8-13,16,19-20H,14-15H2,1-7H3,(H2,29,30,31)/t19-,20-/m1/s1. The van der Waals surface area contributed by atoms with Gasteiger partial charge in [0, 0.05) is 17.5 Å². The smallest absolute Gasteiger partial charge is 0.308 e. The summed E-state index contributed by atoms with van der Waals surface area (Å²) in [5.74, 6) is -1.28. The topological polar surface area (TPSA) is 96.6 Å². The average molecular weight is 486 g/mol. The number of ether oxygens (including phenoxy) is 3. The molecular formula is C27H36FN3O4. The first kappa shape index (κ1) is 26.8. The molecule has 1 aliphatic rings. The Kier molecular flexibility index (Phi) is 7.97. The second-order valence-electron chi connectivity index (χ2n) is 10.6. The van der Waals surface area contributed by atoms with Crippen LogP contribution >= 0.6 is 0 Å². The molecule has 1 aromatic carbocycles. The van der Waals surface area contributed by atoms with E-state index in [9.17, 15) is 9.18 Å². The van der Waals surface area contributed by atoms with Crippen molar-refractivity contribution in [3.05, 3.63) is 47.4 Å². The maximum atomic E-state index is 13.5. The summed E-state index contributed by atoms with van der Waals surface area (Å²) in [7, 11) is 0. The summed E-state index contributed by atoms with van der Waals surface area (Å²) in [6, 6.07) is 6.12. The fraction of sp³-hybridized carbons (Fsp3) is 0.519. The van der Waals surface area contributed by atoms with Crippen LogP contribution in [-0.2, 0) is 19.0 Å². The van der Waals surface area contributed by atoms with Crippen molar-refractivity contribution in [2.24, 2.45) is 0 Å². The maximum Gasteiger partial charge on any atom is 0.308 e. The van der Waals surface area contributed by atoms with E-state index in [-0.39, 0.29) is 42.3 Å². The Balaban J connectivity index is 1.91. The highest BCUT2D eigenvalue weighted by molar-refractivity contribution is 5.74. The second kappa shape index (κ2) is 10.4. The van der Waals surface area contributed by atoms with Gasteiger partial charge in [-0.15, -0.1) is 0 Å². The van der Waals surface area contributed by atoms with Crippen LogP contribution in [0.4, 0.5) is 10.3 Å². The lowest BCUT2D eigenvalue weighted by atomic mass is 9.97. The number of hydrogen-bond acceptors (Lipinski definition) is 7. The third kappa shape index (κ3) is 7.57. The summed E-state index contributed by atoms with van der Waals surface area (Å²) in [6.45, 7) is 13.2. The zero-order chi connectivity index (χ0) is 26.0. The minimum absolute atomic E-state index is 0.0751. The number of carbonyl (C=O) groups is 1. The van der Waals surface area contributed by atoms with Crippen LogP contribution in [0.15, 0.2) is 30.3 Å². The number of esters is 1. The van der Waals surface area contributed by atoms with Crippen LogP contribution in [0.2, 0.25) is 0 Å². The Morgan fingerprint density at radius 3 is 2.49 bits per heavy atom. The average Bonchev–Trinajstić information content (AvgIpc) is 2.70. The molecule has 7 nitrogen and oxygen atoms in total. The Morgan fingerprint density at radius 1 is 1.23 bits per heavy atom. The normalized spacial score (nSPS) is 20.4. The number of aromatic nitrogens is 2. The molecule has 0 saturated carbocycles. The number of carbonyl (C=O) groups excluding carboxylic acids is 1. The summed E-state index contributed by atoms with van der Waals surface area (Å²) in [5.41, 5.74) is 8.38. The number of nitrogens with two attached hydrogens (primary N) is 1. The van der Waals surface area contributed by atoms with Crippen LogP contribution in [-0.4, -0.2) is 39.5 Å². The molecule has 1 aromatic heterocycles. The second-order valence-corrected chi connectivity index (χ2v) is 10.6. The molecule has 1 fully saturated rings. The monoisotopic (exact) mass is 485 g/mol. The van der Waals surface area contributed by atoms with Gasteiger partial charge in [-0.25, -0.2) is 14.4 Å². The van der Waals surface area contributed by atoms with Gasteiger partial charge in [0.05, 0.1) is 30.0 Å². The lowest BCUT2D eigenvalue weighted by Gasteiger charge is -2.39. The van der Waals surface area contributed by atoms with Gasteiger partial charge in [-0.1, -0.05) is 26.0 Å². The zero-order valence-corrected chi connectivity index (χ0v) is 21.6. The highest BCUT2D eigenvalue weighted by Gasteiger charge is 2.36. The van der Waals surface area contributed by atoms with Crippen LogP contribution in [0.3, 0.4) is 0 Å². The van der Waals surface area contributed by atoms with Crippen LogP contribution in [0, 0.1) is 5.82 Å². The summed E-state index contributed by atoms with van der Waals surface area (Å²) in [6.07, 6.45) is 3.80. The molecule has 0 radical (unpaired) electrons. The van der Waals surface area contributed by atoms with Crippen LogP contribution in [0.5, 0.6) is 0 Å². The number of nitrogens with zero attached hydrogens (tertiary/aromatic N) is 2. The van der Waals surface area contributed by atoms with Crippen molar-refractivity contribution < 1.29 is 23.4 Å². The first-order chi connectivity index (χ1) is 16.2. The summed E-state index contributed by atoms with van der Waals surface area (Å²) >= 11 is 0. The van der Waals surface area contributed by atoms with Gasteiger partial charge < -0.3 is 19.9 Å². The largest absolute Gasteiger partial charge is 0.460 e. The summed E-state index contributed by atoms with van der Waals surface area (Å²) in [4.78, 5) is 21.3. The molecule has 0 bridgehead atoms. The van der Waals surface area contributed by atoms with Gasteiger partial charge >= 0.3 is 5.97 Å². The van der Waals surface area contributed by atoms with Gasteiger partial charge in [0.15, 0.2) is 5.79 Å². The summed E-state index contributed by atoms with van der Waals surface area (Å²) in [5, 5.41) is 0. The minimum atomic E-state index is -0.877. The lowest BCUT2D eigenvalue weighted by Crippen LogP contribution is -2.45. The van der Waals surface area contributed by atoms with E-state index in [1.807, 2.05) is 60.6 Å². The third-order valence-electron chi connectivity index (χ3n) is 5.33. The number of benzene rings is 1. The van der Waals surface area contributed by atoms with E-state index >= 15 is 0 Å². The van der Waals surface area contributed by atoms with E-state index in [1.54, 1.807) is 12.1 Å². The predicted octanol–water partition coefficient (Wildman–Crippen LogP) is 5.64. The van der Waals surface area contributed by atoms with Crippen LogP contribution < -0.4 is 5.73 Å². The van der Waals surface area contributed by atoms with Crippen molar-refractivity contribution >= 4 is 18.0 Å². The highest BCUT2D eigenvalue weighted by atomic mass is 19.1.